The zero-order chi connectivity index (χ0) is 17.6. The fourth-order valence-electron chi connectivity index (χ4n) is 3.84. The third-order valence-electron chi connectivity index (χ3n) is 5.33. The van der Waals surface area contributed by atoms with Crippen molar-refractivity contribution in [3.63, 3.8) is 0 Å². The second-order valence-electron chi connectivity index (χ2n) is 6.92. The van der Waals surface area contributed by atoms with E-state index in [9.17, 15) is 9.59 Å². The van der Waals surface area contributed by atoms with E-state index in [1.165, 1.54) is 0 Å². The van der Waals surface area contributed by atoms with Crippen LogP contribution in [0, 0.1) is 6.92 Å². The Balaban J connectivity index is 1.58. The molecular weight excluding hydrogens is 318 g/mol. The van der Waals surface area contributed by atoms with E-state index in [0.29, 0.717) is 25.2 Å². The molecule has 0 aliphatic carbocycles. The van der Waals surface area contributed by atoms with Gasteiger partial charge in [0, 0.05) is 32.4 Å². The summed E-state index contributed by atoms with van der Waals surface area (Å²) in [5.74, 6) is 0.904. The van der Waals surface area contributed by atoms with Gasteiger partial charge in [0.05, 0.1) is 17.7 Å². The van der Waals surface area contributed by atoms with Crippen molar-refractivity contribution in [2.75, 3.05) is 25.0 Å². The molecule has 0 radical (unpaired) electrons. The van der Waals surface area contributed by atoms with Gasteiger partial charge in [0.1, 0.15) is 11.5 Å². The Kier molecular flexibility index (Phi) is 3.59. The molecule has 2 aliphatic heterocycles. The van der Waals surface area contributed by atoms with Crippen molar-refractivity contribution in [1.82, 2.24) is 19.7 Å². The van der Waals surface area contributed by atoms with E-state index in [2.05, 4.69) is 10.1 Å². The number of piperidine rings is 1. The van der Waals surface area contributed by atoms with Crippen LogP contribution in [0.4, 0.5) is 5.82 Å². The van der Waals surface area contributed by atoms with E-state index in [-0.39, 0.29) is 17.4 Å². The Hall–Kier alpha value is -2.70. The van der Waals surface area contributed by atoms with Crippen LogP contribution in [-0.2, 0) is 10.3 Å². The van der Waals surface area contributed by atoms with Gasteiger partial charge >= 0.3 is 0 Å². The van der Waals surface area contributed by atoms with Gasteiger partial charge in [-0.05, 0) is 31.9 Å². The number of pyridine rings is 1. The maximum absolute atomic E-state index is 12.6. The Bertz CT molecular complexity index is 821. The molecule has 1 fully saturated rings. The van der Waals surface area contributed by atoms with Crippen molar-refractivity contribution in [3.05, 3.63) is 41.9 Å². The largest absolute Gasteiger partial charge is 0.337 e. The molecule has 7 heteroatoms. The van der Waals surface area contributed by atoms with Crippen molar-refractivity contribution in [2.24, 2.45) is 0 Å². The summed E-state index contributed by atoms with van der Waals surface area (Å²) in [6.07, 6.45) is 3.51. The second kappa shape index (κ2) is 5.68. The molecule has 0 bridgehead atoms. The molecular formula is C18H21N5O2. The molecule has 25 heavy (non-hydrogen) atoms. The topological polar surface area (TPSA) is 71.3 Å². The normalized spacial score (nSPS) is 19.2. The zero-order valence-electron chi connectivity index (χ0n) is 14.5. The lowest BCUT2D eigenvalue weighted by atomic mass is 9.82. The number of aryl methyl sites for hydroxylation is 1. The first kappa shape index (κ1) is 15.8. The molecule has 0 N–H and O–H groups in total. The summed E-state index contributed by atoms with van der Waals surface area (Å²) in [7, 11) is 1.79. The predicted molar refractivity (Wildman–Crippen MR) is 92.3 cm³/mol. The third kappa shape index (κ3) is 2.50. The molecule has 2 amide bonds. The number of amides is 2. The summed E-state index contributed by atoms with van der Waals surface area (Å²) in [5, 5.41) is 4.65. The fourth-order valence-corrected chi connectivity index (χ4v) is 3.84. The fraction of sp³-hybridized carbons (Fsp3) is 0.444. The molecule has 1 saturated heterocycles. The molecule has 0 saturated carbocycles. The SMILES string of the molecule is Cc1cc2n(n1)C1(CCN(C(=O)c3ccccn3)CC1)CC(=O)N2C. The molecule has 7 nitrogen and oxygen atoms in total. The monoisotopic (exact) mass is 339 g/mol. The molecule has 2 aromatic heterocycles. The summed E-state index contributed by atoms with van der Waals surface area (Å²) >= 11 is 0. The number of nitrogens with zero attached hydrogens (tertiary/aromatic N) is 5. The Morgan fingerprint density at radius 3 is 2.68 bits per heavy atom. The van der Waals surface area contributed by atoms with Crippen LogP contribution < -0.4 is 4.90 Å². The smallest absolute Gasteiger partial charge is 0.272 e. The van der Waals surface area contributed by atoms with Crippen molar-refractivity contribution in [1.29, 1.82) is 0 Å². The quantitative estimate of drug-likeness (QED) is 0.791. The van der Waals surface area contributed by atoms with Gasteiger partial charge in [-0.2, -0.15) is 5.10 Å². The molecule has 2 aromatic rings. The van der Waals surface area contributed by atoms with E-state index in [1.54, 1.807) is 30.3 Å². The van der Waals surface area contributed by atoms with Gasteiger partial charge in [-0.3, -0.25) is 14.6 Å². The van der Waals surface area contributed by atoms with Crippen molar-refractivity contribution in [3.8, 4) is 0 Å². The second-order valence-corrected chi connectivity index (χ2v) is 6.92. The standard InChI is InChI=1S/C18H21N5O2/c1-13-11-15-21(2)16(24)12-18(23(15)20-13)6-9-22(10-7-18)17(25)14-5-3-4-8-19-14/h3-5,8,11H,6-7,9-10,12H2,1-2H3. The number of anilines is 1. The van der Waals surface area contributed by atoms with Crippen LogP contribution in [0.3, 0.4) is 0 Å². The first-order valence-electron chi connectivity index (χ1n) is 8.54. The van der Waals surface area contributed by atoms with Gasteiger partial charge in [-0.1, -0.05) is 6.07 Å². The molecule has 130 valence electrons. The van der Waals surface area contributed by atoms with Gasteiger partial charge in [-0.15, -0.1) is 0 Å². The highest BCUT2D eigenvalue weighted by molar-refractivity contribution is 5.94. The summed E-state index contributed by atoms with van der Waals surface area (Å²) in [4.78, 5) is 32.7. The zero-order valence-corrected chi connectivity index (χ0v) is 14.5. The Morgan fingerprint density at radius 1 is 1.24 bits per heavy atom. The minimum atomic E-state index is -0.325. The molecule has 0 unspecified atom stereocenters. The minimum Gasteiger partial charge on any atom is -0.337 e. The average Bonchev–Trinajstić information content (AvgIpc) is 3.04. The number of aromatic nitrogens is 3. The lowest BCUT2D eigenvalue weighted by molar-refractivity contribution is -0.122. The summed E-state index contributed by atoms with van der Waals surface area (Å²) in [6.45, 7) is 3.15. The number of carbonyl (C=O) groups is 2. The number of carbonyl (C=O) groups excluding carboxylic acids is 2. The first-order chi connectivity index (χ1) is 12.0. The molecule has 4 heterocycles. The summed E-state index contributed by atoms with van der Waals surface area (Å²) in [5.41, 5.74) is 1.05. The van der Waals surface area contributed by atoms with Gasteiger partial charge in [0.2, 0.25) is 5.91 Å². The lowest BCUT2D eigenvalue weighted by Crippen LogP contribution is -2.54. The predicted octanol–water partition coefficient (Wildman–Crippen LogP) is 1.58. The van der Waals surface area contributed by atoms with Crippen LogP contribution in [0.25, 0.3) is 0 Å². The molecule has 4 rings (SSSR count). The average molecular weight is 339 g/mol. The highest BCUT2D eigenvalue weighted by Gasteiger charge is 2.45. The number of hydrogen-bond donors (Lipinski definition) is 0. The minimum absolute atomic E-state index is 0.0495. The summed E-state index contributed by atoms with van der Waals surface area (Å²) in [6, 6.07) is 7.30. The van der Waals surface area contributed by atoms with Crippen LogP contribution in [-0.4, -0.2) is 51.6 Å². The number of fused-ring (bicyclic) bond motifs is 2. The van der Waals surface area contributed by atoms with Crippen molar-refractivity contribution < 1.29 is 9.59 Å². The van der Waals surface area contributed by atoms with E-state index in [1.807, 2.05) is 28.6 Å². The van der Waals surface area contributed by atoms with Crippen LogP contribution in [0.1, 0.15) is 35.4 Å². The third-order valence-corrected chi connectivity index (χ3v) is 5.33. The van der Waals surface area contributed by atoms with Crippen molar-refractivity contribution in [2.45, 2.75) is 31.7 Å². The molecule has 0 aromatic carbocycles. The number of likely N-dealkylation sites (tertiary alicyclic amines) is 1. The van der Waals surface area contributed by atoms with Crippen LogP contribution in [0.2, 0.25) is 0 Å². The van der Waals surface area contributed by atoms with Gasteiger partial charge in [-0.25, -0.2) is 4.68 Å². The van der Waals surface area contributed by atoms with Gasteiger partial charge in [0.15, 0.2) is 0 Å². The van der Waals surface area contributed by atoms with E-state index in [0.717, 1.165) is 24.4 Å². The van der Waals surface area contributed by atoms with Crippen LogP contribution in [0.15, 0.2) is 30.5 Å². The highest BCUT2D eigenvalue weighted by Crippen LogP contribution is 2.41. The van der Waals surface area contributed by atoms with Crippen LogP contribution >= 0.6 is 0 Å². The lowest BCUT2D eigenvalue weighted by Gasteiger charge is -2.45. The molecule has 0 atom stereocenters. The Morgan fingerprint density at radius 2 is 2.00 bits per heavy atom. The maximum Gasteiger partial charge on any atom is 0.272 e. The van der Waals surface area contributed by atoms with Gasteiger partial charge in [0.25, 0.3) is 5.91 Å². The first-order valence-corrected chi connectivity index (χ1v) is 8.54. The molecule has 2 aliphatic rings. The molecule has 1 spiro atoms. The Labute approximate surface area is 146 Å². The van der Waals surface area contributed by atoms with Crippen LogP contribution in [0.5, 0.6) is 0 Å². The number of rotatable bonds is 1. The maximum atomic E-state index is 12.6. The van der Waals surface area contributed by atoms with E-state index in [4.69, 9.17) is 0 Å². The van der Waals surface area contributed by atoms with E-state index < -0.39 is 0 Å². The summed E-state index contributed by atoms with van der Waals surface area (Å²) < 4.78 is 2.01. The van der Waals surface area contributed by atoms with Gasteiger partial charge < -0.3 is 9.80 Å². The van der Waals surface area contributed by atoms with E-state index >= 15 is 0 Å². The van der Waals surface area contributed by atoms with Crippen molar-refractivity contribution >= 4 is 17.6 Å². The highest BCUT2D eigenvalue weighted by atomic mass is 16.2. The number of hydrogen-bond acceptors (Lipinski definition) is 4.